The van der Waals surface area contributed by atoms with Crippen molar-refractivity contribution in [1.29, 1.82) is 0 Å². The molecule has 2 N–H and O–H groups in total. The number of hydrogen-bond donors (Lipinski definition) is 2. The lowest BCUT2D eigenvalue weighted by atomic mass is 9.71. The molecule has 212 valence electrons. The molecular weight excluding hydrogens is 542 g/mol. The van der Waals surface area contributed by atoms with Crippen molar-refractivity contribution in [3.63, 3.8) is 0 Å². The van der Waals surface area contributed by atoms with Gasteiger partial charge in [0.15, 0.2) is 15.6 Å². The first-order valence-corrected chi connectivity index (χ1v) is 15.1. The molecule has 1 aliphatic carbocycles. The van der Waals surface area contributed by atoms with Gasteiger partial charge in [0.05, 0.1) is 17.6 Å². The number of esters is 1. The van der Waals surface area contributed by atoms with Gasteiger partial charge in [-0.1, -0.05) is 48.5 Å². The summed E-state index contributed by atoms with van der Waals surface area (Å²) in [5.41, 5.74) is 3.78. The SMILES string of the molecule is COc1ccccc1[C@H]1CC(=O)C2=C(C1)NC(C)=C(C(=O)OCc1ccccc1S(C)(=O)=O)[C@H]2c1cccc(O)c1. The predicted molar refractivity (Wildman–Crippen MR) is 153 cm³/mol. The molecule has 3 aromatic carbocycles. The van der Waals surface area contributed by atoms with Crippen LogP contribution in [0.1, 0.15) is 48.3 Å². The van der Waals surface area contributed by atoms with E-state index in [0.717, 1.165) is 11.8 Å². The summed E-state index contributed by atoms with van der Waals surface area (Å²) in [6, 6.07) is 20.5. The molecule has 1 heterocycles. The molecular formula is C32H31NO7S. The Balaban J connectivity index is 1.52. The zero-order chi connectivity index (χ0) is 29.3. The Labute approximate surface area is 239 Å². The zero-order valence-electron chi connectivity index (χ0n) is 23.0. The molecule has 0 saturated heterocycles. The van der Waals surface area contributed by atoms with E-state index in [0.29, 0.717) is 40.3 Å². The highest BCUT2D eigenvalue weighted by molar-refractivity contribution is 7.90. The minimum absolute atomic E-state index is 0.00536. The number of phenols is 1. The van der Waals surface area contributed by atoms with Crippen molar-refractivity contribution in [2.24, 2.45) is 0 Å². The summed E-state index contributed by atoms with van der Waals surface area (Å²) in [5, 5.41) is 13.6. The summed E-state index contributed by atoms with van der Waals surface area (Å²) in [6.45, 7) is 1.49. The number of ketones is 1. The van der Waals surface area contributed by atoms with Crippen molar-refractivity contribution in [3.05, 3.63) is 112 Å². The summed E-state index contributed by atoms with van der Waals surface area (Å²) < 4.78 is 35.7. The van der Waals surface area contributed by atoms with E-state index in [4.69, 9.17) is 9.47 Å². The van der Waals surface area contributed by atoms with Crippen molar-refractivity contribution in [2.75, 3.05) is 13.4 Å². The molecule has 0 radical (unpaired) electrons. The number of carbonyl (C=O) groups excluding carboxylic acids is 2. The summed E-state index contributed by atoms with van der Waals surface area (Å²) in [4.78, 5) is 27.6. The number of carbonyl (C=O) groups is 2. The Bertz CT molecular complexity index is 1700. The molecule has 0 bridgehead atoms. The lowest BCUT2D eigenvalue weighted by molar-refractivity contribution is -0.140. The maximum atomic E-state index is 13.8. The predicted octanol–water partition coefficient (Wildman–Crippen LogP) is 4.91. The van der Waals surface area contributed by atoms with Crippen molar-refractivity contribution in [1.82, 2.24) is 5.32 Å². The molecule has 2 atom stereocenters. The Morgan fingerprint density at radius 3 is 2.49 bits per heavy atom. The van der Waals surface area contributed by atoms with E-state index in [1.54, 1.807) is 50.4 Å². The molecule has 1 aliphatic heterocycles. The van der Waals surface area contributed by atoms with E-state index in [-0.39, 0.29) is 40.9 Å². The number of ether oxygens (including phenoxy) is 2. The number of Topliss-reactive ketones (excluding diaryl/α,β-unsaturated/α-hetero) is 1. The monoisotopic (exact) mass is 573 g/mol. The van der Waals surface area contributed by atoms with E-state index in [2.05, 4.69) is 5.32 Å². The molecule has 0 aromatic heterocycles. The number of methoxy groups -OCH3 is 1. The lowest BCUT2D eigenvalue weighted by Gasteiger charge is -2.37. The number of benzene rings is 3. The Kier molecular flexibility index (Phi) is 7.73. The fourth-order valence-electron chi connectivity index (χ4n) is 5.78. The summed E-state index contributed by atoms with van der Waals surface area (Å²) in [7, 11) is -1.94. The first-order valence-electron chi connectivity index (χ1n) is 13.2. The first-order chi connectivity index (χ1) is 19.6. The van der Waals surface area contributed by atoms with Gasteiger partial charge in [0.25, 0.3) is 0 Å². The topological polar surface area (TPSA) is 119 Å². The number of dihydropyridines is 1. The molecule has 0 fully saturated rings. The molecule has 3 aromatic rings. The summed E-state index contributed by atoms with van der Waals surface area (Å²) >= 11 is 0. The van der Waals surface area contributed by atoms with Crippen molar-refractivity contribution < 1.29 is 32.6 Å². The average Bonchev–Trinajstić information content (AvgIpc) is 2.94. The number of allylic oxidation sites excluding steroid dienone is 3. The van der Waals surface area contributed by atoms with Gasteiger partial charge in [-0.05, 0) is 48.7 Å². The first kappa shape index (κ1) is 28.2. The lowest BCUT2D eigenvalue weighted by Crippen LogP contribution is -2.36. The fraction of sp³-hybridized carbons (Fsp3) is 0.250. The second-order valence-electron chi connectivity index (χ2n) is 10.3. The number of hydrogen-bond acceptors (Lipinski definition) is 8. The number of para-hydroxylation sites is 1. The molecule has 2 aliphatic rings. The second kappa shape index (κ2) is 11.2. The Hall–Kier alpha value is -4.37. The summed E-state index contributed by atoms with van der Waals surface area (Å²) in [6.07, 6.45) is 1.85. The number of sulfone groups is 1. The van der Waals surface area contributed by atoms with E-state index < -0.39 is 21.7 Å². The maximum Gasteiger partial charge on any atom is 0.337 e. The van der Waals surface area contributed by atoms with Gasteiger partial charge in [0, 0.05) is 47.0 Å². The van der Waals surface area contributed by atoms with Gasteiger partial charge in [-0.3, -0.25) is 4.79 Å². The van der Waals surface area contributed by atoms with Crippen LogP contribution >= 0.6 is 0 Å². The van der Waals surface area contributed by atoms with Crippen LogP contribution in [0.4, 0.5) is 0 Å². The van der Waals surface area contributed by atoms with Crippen molar-refractivity contribution >= 4 is 21.6 Å². The van der Waals surface area contributed by atoms with Crippen LogP contribution in [0.5, 0.6) is 11.5 Å². The van der Waals surface area contributed by atoms with Gasteiger partial charge in [0.1, 0.15) is 18.1 Å². The van der Waals surface area contributed by atoms with Crippen LogP contribution in [0.25, 0.3) is 0 Å². The van der Waals surface area contributed by atoms with Crippen LogP contribution in [-0.2, 0) is 30.8 Å². The number of aromatic hydroxyl groups is 1. The minimum Gasteiger partial charge on any atom is -0.508 e. The second-order valence-corrected chi connectivity index (χ2v) is 12.3. The highest BCUT2D eigenvalue weighted by atomic mass is 32.2. The number of rotatable bonds is 7. The molecule has 0 saturated carbocycles. The van der Waals surface area contributed by atoms with Gasteiger partial charge < -0.3 is 19.9 Å². The Morgan fingerprint density at radius 1 is 1.02 bits per heavy atom. The highest BCUT2D eigenvalue weighted by Gasteiger charge is 2.42. The van der Waals surface area contributed by atoms with Gasteiger partial charge in [0.2, 0.25) is 0 Å². The largest absolute Gasteiger partial charge is 0.508 e. The normalized spacial score (nSPS) is 19.0. The number of phenolic OH excluding ortho intramolecular Hbond substituents is 1. The molecule has 8 nitrogen and oxygen atoms in total. The van der Waals surface area contributed by atoms with E-state index >= 15 is 0 Å². The van der Waals surface area contributed by atoms with E-state index in [9.17, 15) is 23.1 Å². The van der Waals surface area contributed by atoms with E-state index in [1.807, 2.05) is 24.3 Å². The fourth-order valence-corrected chi connectivity index (χ4v) is 6.71. The molecule has 0 amide bonds. The van der Waals surface area contributed by atoms with Crippen LogP contribution in [0.2, 0.25) is 0 Å². The van der Waals surface area contributed by atoms with Crippen LogP contribution in [0, 0.1) is 0 Å². The third-order valence-corrected chi connectivity index (χ3v) is 8.76. The third-order valence-electron chi connectivity index (χ3n) is 7.56. The zero-order valence-corrected chi connectivity index (χ0v) is 23.8. The average molecular weight is 574 g/mol. The van der Waals surface area contributed by atoms with Gasteiger partial charge in [-0.2, -0.15) is 0 Å². The highest BCUT2D eigenvalue weighted by Crippen LogP contribution is 2.47. The quantitative estimate of drug-likeness (QED) is 0.383. The molecule has 5 rings (SSSR count). The van der Waals surface area contributed by atoms with Gasteiger partial charge in [-0.15, -0.1) is 0 Å². The molecule has 0 unspecified atom stereocenters. The van der Waals surface area contributed by atoms with E-state index in [1.165, 1.54) is 12.1 Å². The maximum absolute atomic E-state index is 13.8. The van der Waals surface area contributed by atoms with Crippen LogP contribution < -0.4 is 10.1 Å². The smallest absolute Gasteiger partial charge is 0.337 e. The number of nitrogens with one attached hydrogen (secondary N) is 1. The van der Waals surface area contributed by atoms with Crippen LogP contribution in [0.15, 0.2) is 100 Å². The molecule has 0 spiro atoms. The summed E-state index contributed by atoms with van der Waals surface area (Å²) in [5.74, 6) is -0.988. The minimum atomic E-state index is -3.54. The molecule has 9 heteroatoms. The standard InChI is InChI=1S/C32H31NO7S/c1-19-29(32(36)40-18-21-9-4-7-14-28(21)41(3,37)38)30(20-10-8-11-23(34)15-20)31-25(33-19)16-22(17-26(31)35)24-12-5-6-13-27(24)39-2/h4-15,22,30,33-34H,16-18H2,1-3H3/t22-,30-/m1/s1. The van der Waals surface area contributed by atoms with Gasteiger partial charge in [-0.25, -0.2) is 13.2 Å². The van der Waals surface area contributed by atoms with Crippen molar-refractivity contribution in [3.8, 4) is 11.5 Å². The van der Waals surface area contributed by atoms with Crippen molar-refractivity contribution in [2.45, 2.75) is 43.1 Å². The Morgan fingerprint density at radius 2 is 1.76 bits per heavy atom. The van der Waals surface area contributed by atoms with Gasteiger partial charge >= 0.3 is 5.97 Å². The van der Waals surface area contributed by atoms with Crippen LogP contribution in [0.3, 0.4) is 0 Å². The third kappa shape index (κ3) is 5.63. The molecule has 41 heavy (non-hydrogen) atoms. The van der Waals surface area contributed by atoms with Crippen LogP contribution in [-0.4, -0.2) is 38.6 Å².